The summed E-state index contributed by atoms with van der Waals surface area (Å²) in [6.07, 6.45) is 5.97. The van der Waals surface area contributed by atoms with Crippen molar-refractivity contribution in [3.05, 3.63) is 24.7 Å². The van der Waals surface area contributed by atoms with Crippen LogP contribution in [0.4, 0.5) is 0 Å². The first-order valence-corrected chi connectivity index (χ1v) is 5.94. The van der Waals surface area contributed by atoms with Crippen LogP contribution in [-0.2, 0) is 4.74 Å². The maximum Gasteiger partial charge on any atom is 0.0997 e. The fourth-order valence-corrected chi connectivity index (χ4v) is 1.87. The van der Waals surface area contributed by atoms with Crippen LogP contribution in [0.3, 0.4) is 0 Å². The lowest BCUT2D eigenvalue weighted by atomic mass is 9.94. The van der Waals surface area contributed by atoms with Crippen molar-refractivity contribution < 1.29 is 4.74 Å². The maximum atomic E-state index is 5.43. The van der Waals surface area contributed by atoms with Crippen LogP contribution in [0.1, 0.15) is 47.5 Å². The van der Waals surface area contributed by atoms with Crippen LogP contribution in [-0.4, -0.2) is 0 Å². The molecule has 0 rings (SSSR count). The molecule has 0 saturated heterocycles. The molecule has 1 atom stereocenters. The Labute approximate surface area is 95.2 Å². The summed E-state index contributed by atoms with van der Waals surface area (Å²) in [6.45, 7) is 14.7. The second-order valence-corrected chi connectivity index (χ2v) is 5.10. The van der Waals surface area contributed by atoms with E-state index in [9.17, 15) is 0 Å². The van der Waals surface area contributed by atoms with Crippen LogP contribution in [0.2, 0.25) is 0 Å². The van der Waals surface area contributed by atoms with Gasteiger partial charge < -0.3 is 4.74 Å². The molecule has 0 aliphatic heterocycles. The molecule has 0 aromatic carbocycles. The van der Waals surface area contributed by atoms with E-state index in [1.165, 1.54) is 12.7 Å². The largest absolute Gasteiger partial charge is 0.470 e. The third-order valence-corrected chi connectivity index (χ3v) is 2.18. The average molecular weight is 210 g/mol. The summed E-state index contributed by atoms with van der Waals surface area (Å²) in [7, 11) is 0. The Morgan fingerprint density at radius 1 is 1.20 bits per heavy atom. The highest BCUT2D eigenvalue weighted by molar-refractivity contribution is 4.97. The van der Waals surface area contributed by atoms with Gasteiger partial charge in [-0.2, -0.15) is 0 Å². The van der Waals surface area contributed by atoms with Gasteiger partial charge >= 0.3 is 0 Å². The Balaban J connectivity index is 4.21. The monoisotopic (exact) mass is 210 g/mol. The Bertz CT molecular complexity index is 201. The summed E-state index contributed by atoms with van der Waals surface area (Å²) in [6, 6.07) is 0. The molecule has 0 spiro atoms. The molecule has 0 amide bonds. The van der Waals surface area contributed by atoms with Crippen molar-refractivity contribution in [2.75, 3.05) is 0 Å². The van der Waals surface area contributed by atoms with Gasteiger partial charge in [-0.3, -0.25) is 0 Å². The van der Waals surface area contributed by atoms with Crippen molar-refractivity contribution in [3.8, 4) is 0 Å². The molecule has 1 nitrogen and oxygen atoms in total. The number of hydrogen-bond acceptors (Lipinski definition) is 1. The third kappa shape index (κ3) is 8.29. The summed E-state index contributed by atoms with van der Waals surface area (Å²) < 4.78 is 5.43. The first-order chi connectivity index (χ1) is 6.95. The topological polar surface area (TPSA) is 9.23 Å². The van der Waals surface area contributed by atoms with Gasteiger partial charge in [-0.05, 0) is 30.3 Å². The molecule has 1 heteroatoms. The Morgan fingerprint density at radius 2 is 1.80 bits per heavy atom. The molecule has 88 valence electrons. The summed E-state index contributed by atoms with van der Waals surface area (Å²) in [5, 5.41) is 0. The lowest BCUT2D eigenvalue weighted by Crippen LogP contribution is -2.03. The lowest BCUT2D eigenvalue weighted by Gasteiger charge is -2.16. The molecule has 15 heavy (non-hydrogen) atoms. The van der Waals surface area contributed by atoms with E-state index in [4.69, 9.17) is 4.74 Å². The van der Waals surface area contributed by atoms with Crippen molar-refractivity contribution in [1.29, 1.82) is 0 Å². The first kappa shape index (κ1) is 14.3. The van der Waals surface area contributed by atoms with Gasteiger partial charge in [0, 0.05) is 6.42 Å². The number of ether oxygens (including phenoxy) is 1. The second-order valence-electron chi connectivity index (χ2n) is 5.10. The zero-order valence-corrected chi connectivity index (χ0v) is 10.9. The van der Waals surface area contributed by atoms with E-state index >= 15 is 0 Å². The van der Waals surface area contributed by atoms with Gasteiger partial charge in [0.1, 0.15) is 0 Å². The Kier molecular flexibility index (Phi) is 7.19. The number of hydrogen-bond donors (Lipinski definition) is 0. The molecular weight excluding hydrogens is 184 g/mol. The van der Waals surface area contributed by atoms with Gasteiger partial charge in [-0.15, -0.1) is 0 Å². The minimum atomic E-state index is 0.534. The van der Waals surface area contributed by atoms with Crippen molar-refractivity contribution >= 4 is 0 Å². The summed E-state index contributed by atoms with van der Waals surface area (Å²) in [5.41, 5.74) is 0. The SMILES string of the molecule is C=COC(=CC(C)C)CC(C)CC(C)C. The molecule has 0 N–H and O–H groups in total. The minimum Gasteiger partial charge on any atom is -0.470 e. The predicted octanol–water partition coefficient (Wildman–Crippen LogP) is 4.76. The maximum absolute atomic E-state index is 5.43. The van der Waals surface area contributed by atoms with E-state index in [0.29, 0.717) is 11.8 Å². The highest BCUT2D eigenvalue weighted by Crippen LogP contribution is 2.21. The molecular formula is C14H26O. The average Bonchev–Trinajstić information content (AvgIpc) is 2.00. The van der Waals surface area contributed by atoms with Gasteiger partial charge in [0.05, 0.1) is 12.0 Å². The zero-order chi connectivity index (χ0) is 11.8. The summed E-state index contributed by atoms with van der Waals surface area (Å²) in [4.78, 5) is 0. The second kappa shape index (κ2) is 7.56. The normalized spacial score (nSPS) is 14.5. The predicted molar refractivity (Wildman–Crippen MR) is 67.4 cm³/mol. The van der Waals surface area contributed by atoms with Crippen molar-refractivity contribution in [2.45, 2.75) is 47.5 Å². The molecule has 0 aliphatic rings. The Morgan fingerprint density at radius 3 is 2.20 bits per heavy atom. The minimum absolute atomic E-state index is 0.534. The highest BCUT2D eigenvalue weighted by Gasteiger charge is 2.09. The summed E-state index contributed by atoms with van der Waals surface area (Å²) >= 11 is 0. The highest BCUT2D eigenvalue weighted by atomic mass is 16.5. The lowest BCUT2D eigenvalue weighted by molar-refractivity contribution is 0.296. The Hall–Kier alpha value is -0.720. The van der Waals surface area contributed by atoms with E-state index in [-0.39, 0.29) is 0 Å². The standard InChI is InChI=1S/C14H26O/c1-7-15-14(9-12(4)5)10-13(6)8-11(2)3/h7,9,11-13H,1,8,10H2,2-6H3. The van der Waals surface area contributed by atoms with E-state index in [2.05, 4.69) is 47.3 Å². The van der Waals surface area contributed by atoms with Crippen LogP contribution in [0.25, 0.3) is 0 Å². The zero-order valence-electron chi connectivity index (χ0n) is 10.9. The van der Waals surface area contributed by atoms with Crippen LogP contribution < -0.4 is 0 Å². The van der Waals surface area contributed by atoms with Gasteiger partial charge in [0.2, 0.25) is 0 Å². The van der Waals surface area contributed by atoms with Crippen LogP contribution in [0, 0.1) is 17.8 Å². The molecule has 1 unspecified atom stereocenters. The first-order valence-electron chi connectivity index (χ1n) is 5.94. The van der Waals surface area contributed by atoms with Crippen LogP contribution >= 0.6 is 0 Å². The van der Waals surface area contributed by atoms with Crippen LogP contribution in [0.15, 0.2) is 24.7 Å². The smallest absolute Gasteiger partial charge is 0.0997 e. The van der Waals surface area contributed by atoms with E-state index in [1.807, 2.05) is 0 Å². The third-order valence-electron chi connectivity index (χ3n) is 2.18. The quantitative estimate of drug-likeness (QED) is 0.550. The summed E-state index contributed by atoms with van der Waals surface area (Å²) in [5.74, 6) is 3.03. The molecule has 0 bridgehead atoms. The van der Waals surface area contributed by atoms with Crippen LogP contribution in [0.5, 0.6) is 0 Å². The molecule has 0 aromatic heterocycles. The molecule has 0 heterocycles. The van der Waals surface area contributed by atoms with Crippen molar-refractivity contribution in [2.24, 2.45) is 17.8 Å². The molecule has 0 aromatic rings. The fourth-order valence-electron chi connectivity index (χ4n) is 1.87. The number of allylic oxidation sites excluding steroid dienone is 2. The van der Waals surface area contributed by atoms with Gasteiger partial charge in [-0.1, -0.05) is 41.2 Å². The van der Waals surface area contributed by atoms with Gasteiger partial charge in [0.25, 0.3) is 0 Å². The van der Waals surface area contributed by atoms with E-state index in [1.54, 1.807) is 0 Å². The molecule has 0 radical (unpaired) electrons. The fraction of sp³-hybridized carbons (Fsp3) is 0.714. The van der Waals surface area contributed by atoms with E-state index in [0.717, 1.165) is 18.1 Å². The van der Waals surface area contributed by atoms with Gasteiger partial charge in [0.15, 0.2) is 0 Å². The van der Waals surface area contributed by atoms with E-state index < -0.39 is 0 Å². The van der Waals surface area contributed by atoms with Crippen molar-refractivity contribution in [3.63, 3.8) is 0 Å². The molecule has 0 aliphatic carbocycles. The molecule has 0 fully saturated rings. The number of rotatable bonds is 7. The van der Waals surface area contributed by atoms with Crippen molar-refractivity contribution in [1.82, 2.24) is 0 Å². The van der Waals surface area contributed by atoms with Gasteiger partial charge in [-0.25, -0.2) is 0 Å². The molecule has 0 saturated carbocycles.